The number of rotatable bonds is 7. The highest BCUT2D eigenvalue weighted by molar-refractivity contribution is 7.79. The van der Waals surface area contributed by atoms with Crippen LogP contribution in [-0.4, -0.2) is 44.1 Å². The molecule has 1 aromatic heterocycles. The maximum absolute atomic E-state index is 13.4. The predicted molar refractivity (Wildman–Crippen MR) is 124 cm³/mol. The molecular weight excluding hydrogens is 447 g/mol. The number of hydrogen-bond donors (Lipinski definition) is 2. The number of benzene rings is 2. The first-order chi connectivity index (χ1) is 15.9. The van der Waals surface area contributed by atoms with Gasteiger partial charge in [0.05, 0.1) is 13.0 Å². The summed E-state index contributed by atoms with van der Waals surface area (Å²) < 4.78 is 41.6. The predicted octanol–water partition coefficient (Wildman–Crippen LogP) is 4.05. The van der Waals surface area contributed by atoms with Crippen molar-refractivity contribution in [2.45, 2.75) is 43.5 Å². The lowest BCUT2D eigenvalue weighted by molar-refractivity contribution is -0.137. The van der Waals surface area contributed by atoms with Crippen LogP contribution in [-0.2, 0) is 22.3 Å². The van der Waals surface area contributed by atoms with Crippen molar-refractivity contribution >= 4 is 28.0 Å². The van der Waals surface area contributed by atoms with E-state index in [2.05, 4.69) is 9.88 Å². The summed E-state index contributed by atoms with van der Waals surface area (Å²) in [5.74, 6) is -0.371. The maximum atomic E-state index is 13.4. The van der Waals surface area contributed by atoms with E-state index in [4.69, 9.17) is 9.84 Å². The van der Waals surface area contributed by atoms with E-state index in [1.165, 1.54) is 24.3 Å². The van der Waals surface area contributed by atoms with Crippen molar-refractivity contribution in [2.75, 3.05) is 19.7 Å². The molecule has 178 valence electrons. The molecule has 33 heavy (non-hydrogen) atoms. The topological polar surface area (TPSA) is 104 Å². The molecule has 2 aromatic carbocycles. The summed E-state index contributed by atoms with van der Waals surface area (Å²) in [5, 5.41) is 13.1. The lowest BCUT2D eigenvalue weighted by atomic mass is 10.1. The first-order valence-electron chi connectivity index (χ1n) is 10.9. The molecule has 0 amide bonds. The van der Waals surface area contributed by atoms with Crippen LogP contribution < -0.4 is 10.1 Å². The molecule has 0 radical (unpaired) electrons. The number of nitrogens with zero attached hydrogens (tertiary/aromatic N) is 1. The van der Waals surface area contributed by atoms with Crippen molar-refractivity contribution in [3.63, 3.8) is 0 Å². The minimum Gasteiger partial charge on any atom is -0.768 e. The van der Waals surface area contributed by atoms with Crippen molar-refractivity contribution in [3.05, 3.63) is 60.0 Å². The van der Waals surface area contributed by atoms with Gasteiger partial charge in [-0.2, -0.15) is 0 Å². The Hall–Kier alpha value is -2.75. The van der Waals surface area contributed by atoms with Crippen LogP contribution in [0.2, 0.25) is 0 Å². The first-order valence-corrected chi connectivity index (χ1v) is 12.0. The number of piperidine rings is 1. The number of carboxylic acids is 1. The van der Waals surface area contributed by atoms with E-state index in [-0.39, 0.29) is 17.1 Å². The number of carbonyl (C=O) groups is 1. The summed E-state index contributed by atoms with van der Waals surface area (Å²) in [5.41, 5.74) is 1.99. The van der Waals surface area contributed by atoms with Crippen LogP contribution in [0.1, 0.15) is 37.9 Å². The van der Waals surface area contributed by atoms with Crippen LogP contribution in [0.4, 0.5) is 4.39 Å². The third kappa shape index (κ3) is 6.86. The monoisotopic (exact) mass is 475 g/mol. The molecule has 9 heteroatoms. The fraction of sp³-hybridized carbons (Fsp3) is 0.375. The number of aliphatic carboxylic acids is 1. The number of aryl methyl sites for hydroxylation is 1. The highest BCUT2D eigenvalue weighted by Crippen LogP contribution is 2.30. The zero-order valence-electron chi connectivity index (χ0n) is 18.5. The van der Waals surface area contributed by atoms with E-state index >= 15 is 0 Å². The van der Waals surface area contributed by atoms with Crippen molar-refractivity contribution in [1.29, 1.82) is 0 Å². The SMILES string of the molecule is CCOc1ccc(S(=O)[O-])cc1.O=C(O)CCc1cc2cc(F)ccc2n1C1CCNCC1. The third-order valence-electron chi connectivity index (χ3n) is 5.48. The van der Waals surface area contributed by atoms with E-state index in [0.29, 0.717) is 24.8 Å². The van der Waals surface area contributed by atoms with Crippen molar-refractivity contribution < 1.29 is 27.8 Å². The van der Waals surface area contributed by atoms with Gasteiger partial charge in [0.2, 0.25) is 0 Å². The summed E-state index contributed by atoms with van der Waals surface area (Å²) >= 11 is -2.15. The molecule has 1 saturated heterocycles. The number of ether oxygens (including phenoxy) is 1. The molecule has 0 saturated carbocycles. The van der Waals surface area contributed by atoms with Crippen LogP contribution in [0.25, 0.3) is 10.9 Å². The summed E-state index contributed by atoms with van der Waals surface area (Å²) in [7, 11) is 0. The fourth-order valence-corrected chi connectivity index (χ4v) is 4.36. The molecule has 0 bridgehead atoms. The number of halogens is 1. The van der Waals surface area contributed by atoms with Gasteiger partial charge in [0, 0.05) is 27.5 Å². The Morgan fingerprint density at radius 1 is 1.21 bits per heavy atom. The second-order valence-corrected chi connectivity index (χ2v) is 8.66. The van der Waals surface area contributed by atoms with Crippen LogP contribution in [0.15, 0.2) is 53.4 Å². The average Bonchev–Trinajstić information content (AvgIpc) is 3.16. The second-order valence-electron chi connectivity index (χ2n) is 7.72. The van der Waals surface area contributed by atoms with Gasteiger partial charge in [0.1, 0.15) is 11.6 Å². The van der Waals surface area contributed by atoms with Crippen LogP contribution in [0.3, 0.4) is 0 Å². The third-order valence-corrected chi connectivity index (χ3v) is 6.13. The molecular formula is C24H28FN2O5S-. The molecule has 1 aliphatic heterocycles. The quantitative estimate of drug-likeness (QED) is 0.500. The van der Waals surface area contributed by atoms with E-state index in [9.17, 15) is 17.9 Å². The summed E-state index contributed by atoms with van der Waals surface area (Å²) in [6.45, 7) is 4.38. The van der Waals surface area contributed by atoms with Crippen LogP contribution in [0, 0.1) is 5.82 Å². The standard InChI is InChI=1S/C16H19FN2O2.C8H10O3S/c17-12-1-3-15-11(9-12)10-14(2-4-16(20)21)19(15)13-5-7-18-8-6-13;1-2-11-7-3-5-8(6-4-7)12(9)10/h1,3,9-10,13,18H,2,4-8H2,(H,20,21);3-6H,2H2,1H3,(H,9,10)/p-1. The summed E-state index contributed by atoms with van der Waals surface area (Å²) in [6, 6.07) is 13.4. The molecule has 7 nitrogen and oxygen atoms in total. The van der Waals surface area contributed by atoms with E-state index < -0.39 is 17.0 Å². The number of nitrogens with one attached hydrogen (secondary N) is 1. The molecule has 0 spiro atoms. The minimum absolute atomic E-state index is 0.101. The van der Waals surface area contributed by atoms with E-state index in [0.717, 1.165) is 42.5 Å². The molecule has 4 rings (SSSR count). The Morgan fingerprint density at radius 2 is 1.91 bits per heavy atom. The van der Waals surface area contributed by atoms with Gasteiger partial charge in [-0.1, -0.05) is 0 Å². The van der Waals surface area contributed by atoms with Gasteiger partial charge < -0.3 is 24.3 Å². The zero-order chi connectivity index (χ0) is 23.8. The van der Waals surface area contributed by atoms with E-state index in [1.54, 1.807) is 18.2 Å². The summed E-state index contributed by atoms with van der Waals surface area (Å²) in [6.07, 6.45) is 2.61. The number of fused-ring (bicyclic) bond motifs is 1. The number of aromatic nitrogens is 1. The highest BCUT2D eigenvalue weighted by Gasteiger charge is 2.20. The molecule has 2 heterocycles. The lowest BCUT2D eigenvalue weighted by Gasteiger charge is -2.27. The van der Waals surface area contributed by atoms with Crippen LogP contribution >= 0.6 is 0 Å². The molecule has 1 atom stereocenters. The largest absolute Gasteiger partial charge is 0.768 e. The Kier molecular flexibility index (Phi) is 8.99. The molecule has 2 N–H and O–H groups in total. The molecule has 0 aliphatic carbocycles. The first kappa shape index (κ1) is 24.9. The number of hydrogen-bond acceptors (Lipinski definition) is 5. The Labute approximate surface area is 194 Å². The van der Waals surface area contributed by atoms with Crippen molar-refractivity contribution in [2.24, 2.45) is 0 Å². The van der Waals surface area contributed by atoms with Gasteiger partial charge in [0.25, 0.3) is 0 Å². The van der Waals surface area contributed by atoms with E-state index in [1.807, 2.05) is 13.0 Å². The molecule has 1 aliphatic rings. The Balaban J connectivity index is 0.000000218. The smallest absolute Gasteiger partial charge is 0.303 e. The maximum Gasteiger partial charge on any atom is 0.303 e. The highest BCUT2D eigenvalue weighted by atomic mass is 32.2. The zero-order valence-corrected chi connectivity index (χ0v) is 19.3. The van der Waals surface area contributed by atoms with Crippen molar-refractivity contribution in [1.82, 2.24) is 9.88 Å². The summed E-state index contributed by atoms with van der Waals surface area (Å²) in [4.78, 5) is 11.1. The fourth-order valence-electron chi connectivity index (χ4n) is 4.00. The van der Waals surface area contributed by atoms with Gasteiger partial charge in [0.15, 0.2) is 0 Å². The van der Waals surface area contributed by atoms with Gasteiger partial charge >= 0.3 is 5.97 Å². The van der Waals surface area contributed by atoms with Crippen LogP contribution in [0.5, 0.6) is 5.75 Å². The van der Waals surface area contributed by atoms with Gasteiger partial charge in [-0.25, -0.2) is 4.39 Å². The molecule has 1 fully saturated rings. The van der Waals surface area contributed by atoms with Gasteiger partial charge in [-0.05, 0) is 98.9 Å². The van der Waals surface area contributed by atoms with Gasteiger partial charge in [-0.3, -0.25) is 9.00 Å². The van der Waals surface area contributed by atoms with Gasteiger partial charge in [-0.15, -0.1) is 0 Å². The number of carboxylic acid groups (broad SMARTS) is 1. The normalized spacial score (nSPS) is 15.0. The molecule has 3 aromatic rings. The lowest BCUT2D eigenvalue weighted by Crippen LogP contribution is -2.30. The van der Waals surface area contributed by atoms with Crippen molar-refractivity contribution in [3.8, 4) is 5.75 Å². The molecule has 1 unspecified atom stereocenters. The Morgan fingerprint density at radius 3 is 2.52 bits per heavy atom. The average molecular weight is 476 g/mol. The second kappa shape index (κ2) is 11.9. The Bertz CT molecular complexity index is 1090. The minimum atomic E-state index is -2.15.